The van der Waals surface area contributed by atoms with E-state index in [2.05, 4.69) is 15.6 Å². The molecule has 0 saturated heterocycles. The summed E-state index contributed by atoms with van der Waals surface area (Å²) in [6.45, 7) is 4.47. The van der Waals surface area contributed by atoms with Crippen molar-refractivity contribution in [2.75, 3.05) is 13.2 Å². The molecule has 1 saturated carbocycles. The van der Waals surface area contributed by atoms with Crippen molar-refractivity contribution < 1.29 is 9.90 Å². The Morgan fingerprint density at radius 3 is 2.77 bits per heavy atom. The van der Waals surface area contributed by atoms with Crippen LogP contribution in [0.2, 0.25) is 0 Å². The quantitative estimate of drug-likeness (QED) is 0.753. The maximum Gasteiger partial charge on any atom is 0.315 e. The lowest BCUT2D eigenvalue weighted by Gasteiger charge is -2.39. The number of nitrogens with zero attached hydrogens (tertiary/aromatic N) is 1. The highest BCUT2D eigenvalue weighted by atomic mass is 32.1. The molecule has 0 aliphatic heterocycles. The van der Waals surface area contributed by atoms with Crippen LogP contribution < -0.4 is 10.6 Å². The van der Waals surface area contributed by atoms with Gasteiger partial charge in [0, 0.05) is 18.3 Å². The number of amides is 2. The number of hydrogen-bond acceptors (Lipinski definition) is 4. The molecule has 0 aromatic carbocycles. The lowest BCUT2D eigenvalue weighted by molar-refractivity contribution is 0.101. The maximum atomic E-state index is 12.1. The highest BCUT2D eigenvalue weighted by Crippen LogP contribution is 2.32. The van der Waals surface area contributed by atoms with Gasteiger partial charge in [0.1, 0.15) is 0 Å². The second-order valence-electron chi connectivity index (χ2n) is 6.40. The number of urea groups is 1. The van der Waals surface area contributed by atoms with Crippen LogP contribution in [0.15, 0.2) is 5.38 Å². The van der Waals surface area contributed by atoms with Gasteiger partial charge in [0.2, 0.25) is 0 Å². The predicted octanol–water partition coefficient (Wildman–Crippen LogP) is 2.62. The highest BCUT2D eigenvalue weighted by Gasteiger charge is 2.35. The van der Waals surface area contributed by atoms with Gasteiger partial charge in [0.25, 0.3) is 0 Å². The lowest BCUT2D eigenvalue weighted by Crippen LogP contribution is -2.57. The standard InChI is InChI=1S/C16H27N3O2S/c1-12-18-14(10-22-12)8-9-17-15(21)19-16(2,11-20)13-6-4-3-5-7-13/h10,13,20H,3-9,11H2,1-2H3,(H2,17,19,21)/t16-/m1/s1. The molecule has 22 heavy (non-hydrogen) atoms. The average molecular weight is 325 g/mol. The normalized spacial score (nSPS) is 18.7. The van der Waals surface area contributed by atoms with Crippen LogP contribution in [0, 0.1) is 12.8 Å². The molecule has 5 nitrogen and oxygen atoms in total. The fourth-order valence-electron chi connectivity index (χ4n) is 3.14. The molecule has 2 amide bonds. The average Bonchev–Trinajstić information content (AvgIpc) is 2.93. The zero-order valence-electron chi connectivity index (χ0n) is 13.5. The van der Waals surface area contributed by atoms with Crippen molar-refractivity contribution in [2.45, 2.75) is 57.9 Å². The SMILES string of the molecule is Cc1nc(CCNC(=O)N[C@](C)(CO)C2CCCCC2)cs1. The molecule has 1 fully saturated rings. The van der Waals surface area contributed by atoms with Crippen LogP contribution in [0.1, 0.15) is 49.7 Å². The molecule has 0 radical (unpaired) electrons. The summed E-state index contributed by atoms with van der Waals surface area (Å²) in [4.78, 5) is 16.5. The molecule has 1 aliphatic rings. The van der Waals surface area contributed by atoms with Crippen LogP contribution in [-0.2, 0) is 6.42 Å². The molecule has 0 spiro atoms. The minimum Gasteiger partial charge on any atom is -0.394 e. The third-order valence-electron chi connectivity index (χ3n) is 4.57. The number of nitrogens with one attached hydrogen (secondary N) is 2. The molecule has 3 N–H and O–H groups in total. The molecule has 1 aromatic rings. The number of aryl methyl sites for hydroxylation is 1. The zero-order chi connectivity index (χ0) is 16.0. The van der Waals surface area contributed by atoms with Crippen molar-refractivity contribution in [3.8, 4) is 0 Å². The maximum absolute atomic E-state index is 12.1. The summed E-state index contributed by atoms with van der Waals surface area (Å²) in [5.74, 6) is 0.359. The van der Waals surface area contributed by atoms with Crippen molar-refractivity contribution in [3.63, 3.8) is 0 Å². The lowest BCUT2D eigenvalue weighted by atomic mass is 9.76. The van der Waals surface area contributed by atoms with Gasteiger partial charge in [0.15, 0.2) is 0 Å². The Balaban J connectivity index is 1.78. The van der Waals surface area contributed by atoms with Crippen molar-refractivity contribution in [2.24, 2.45) is 5.92 Å². The van der Waals surface area contributed by atoms with E-state index >= 15 is 0 Å². The fourth-order valence-corrected chi connectivity index (χ4v) is 3.79. The molecule has 1 atom stereocenters. The van der Waals surface area contributed by atoms with E-state index in [9.17, 15) is 9.90 Å². The zero-order valence-corrected chi connectivity index (χ0v) is 14.3. The first kappa shape index (κ1) is 17.2. The number of aliphatic hydroxyl groups is 1. The van der Waals surface area contributed by atoms with E-state index in [1.165, 1.54) is 19.3 Å². The monoisotopic (exact) mass is 325 g/mol. The molecule has 124 valence electrons. The van der Waals surface area contributed by atoms with Crippen LogP contribution in [-0.4, -0.2) is 34.8 Å². The molecule has 0 bridgehead atoms. The van der Waals surface area contributed by atoms with Crippen LogP contribution in [0.25, 0.3) is 0 Å². The smallest absolute Gasteiger partial charge is 0.315 e. The Labute approximate surface area is 136 Å². The largest absolute Gasteiger partial charge is 0.394 e. The molecule has 0 unspecified atom stereocenters. The number of thiazole rings is 1. The van der Waals surface area contributed by atoms with Gasteiger partial charge < -0.3 is 15.7 Å². The number of aromatic nitrogens is 1. The van der Waals surface area contributed by atoms with Gasteiger partial charge in [-0.05, 0) is 32.6 Å². The van der Waals surface area contributed by atoms with Gasteiger partial charge in [-0.3, -0.25) is 0 Å². The number of carbonyl (C=O) groups is 1. The van der Waals surface area contributed by atoms with Gasteiger partial charge >= 0.3 is 6.03 Å². The van der Waals surface area contributed by atoms with E-state index in [-0.39, 0.29) is 12.6 Å². The number of carbonyl (C=O) groups excluding carboxylic acids is 1. The molecule has 1 aromatic heterocycles. The van der Waals surface area contributed by atoms with Crippen molar-refractivity contribution in [1.29, 1.82) is 0 Å². The Morgan fingerprint density at radius 1 is 1.45 bits per heavy atom. The summed E-state index contributed by atoms with van der Waals surface area (Å²) in [6.07, 6.45) is 6.53. The molecule has 1 heterocycles. The second-order valence-corrected chi connectivity index (χ2v) is 7.46. The van der Waals surface area contributed by atoms with Gasteiger partial charge in [-0.15, -0.1) is 11.3 Å². The first-order valence-corrected chi connectivity index (χ1v) is 8.99. The van der Waals surface area contributed by atoms with Crippen LogP contribution in [0.5, 0.6) is 0 Å². The first-order chi connectivity index (χ1) is 10.5. The van der Waals surface area contributed by atoms with Crippen molar-refractivity contribution in [3.05, 3.63) is 16.1 Å². The van der Waals surface area contributed by atoms with Crippen LogP contribution in [0.4, 0.5) is 4.79 Å². The van der Waals surface area contributed by atoms with E-state index in [1.54, 1.807) is 11.3 Å². The van der Waals surface area contributed by atoms with Gasteiger partial charge in [0.05, 0.1) is 22.8 Å². The summed E-state index contributed by atoms with van der Waals surface area (Å²) in [5, 5.41) is 18.7. The predicted molar refractivity (Wildman–Crippen MR) is 89.2 cm³/mol. The van der Waals surface area contributed by atoms with E-state index in [1.807, 2.05) is 19.2 Å². The minimum atomic E-state index is -0.526. The summed E-state index contributed by atoms with van der Waals surface area (Å²) in [5.41, 5.74) is 0.488. The van der Waals surface area contributed by atoms with Crippen molar-refractivity contribution in [1.82, 2.24) is 15.6 Å². The van der Waals surface area contributed by atoms with Gasteiger partial charge in [-0.1, -0.05) is 19.3 Å². The van der Waals surface area contributed by atoms with Gasteiger partial charge in [-0.2, -0.15) is 0 Å². The minimum absolute atomic E-state index is 0.0175. The summed E-state index contributed by atoms with van der Waals surface area (Å²) < 4.78 is 0. The topological polar surface area (TPSA) is 74.2 Å². The third-order valence-corrected chi connectivity index (χ3v) is 5.39. The number of aliphatic hydroxyl groups excluding tert-OH is 1. The Morgan fingerprint density at radius 2 is 2.18 bits per heavy atom. The Hall–Kier alpha value is -1.14. The van der Waals surface area contributed by atoms with Crippen molar-refractivity contribution >= 4 is 17.4 Å². The highest BCUT2D eigenvalue weighted by molar-refractivity contribution is 7.09. The van der Waals surface area contributed by atoms with E-state index in [0.717, 1.165) is 30.0 Å². The summed E-state index contributed by atoms with van der Waals surface area (Å²) in [7, 11) is 0. The Bertz CT molecular complexity index is 485. The third kappa shape index (κ3) is 4.68. The van der Waals surface area contributed by atoms with Crippen LogP contribution >= 0.6 is 11.3 Å². The molecular formula is C16H27N3O2S. The fraction of sp³-hybridized carbons (Fsp3) is 0.750. The van der Waals surface area contributed by atoms with E-state index < -0.39 is 5.54 Å². The molecule has 2 rings (SSSR count). The van der Waals surface area contributed by atoms with Gasteiger partial charge in [-0.25, -0.2) is 9.78 Å². The summed E-state index contributed by atoms with van der Waals surface area (Å²) in [6, 6.07) is -0.200. The molecule has 1 aliphatic carbocycles. The van der Waals surface area contributed by atoms with Crippen LogP contribution in [0.3, 0.4) is 0 Å². The van der Waals surface area contributed by atoms with E-state index in [4.69, 9.17) is 0 Å². The Kier molecular flexibility index (Phi) is 6.20. The van der Waals surface area contributed by atoms with E-state index in [0.29, 0.717) is 12.5 Å². The molecule has 6 heteroatoms. The number of rotatable bonds is 6. The first-order valence-electron chi connectivity index (χ1n) is 8.11. The second kappa shape index (κ2) is 7.92. The summed E-state index contributed by atoms with van der Waals surface area (Å²) >= 11 is 1.62. The number of hydrogen-bond donors (Lipinski definition) is 3. The molecular weight excluding hydrogens is 298 g/mol.